The molecule has 122 valence electrons. The summed E-state index contributed by atoms with van der Waals surface area (Å²) >= 11 is 9.41. The molecule has 2 aromatic rings. The van der Waals surface area contributed by atoms with E-state index in [9.17, 15) is 8.42 Å². The molecule has 10 heteroatoms. The summed E-state index contributed by atoms with van der Waals surface area (Å²) in [7, 11) is -3.67. The molecule has 0 spiro atoms. The lowest BCUT2D eigenvalue weighted by atomic mass is 10.3. The van der Waals surface area contributed by atoms with Gasteiger partial charge in [0.15, 0.2) is 0 Å². The number of fused-ring (bicyclic) bond motifs is 4. The Bertz CT molecular complexity index is 846. The zero-order chi connectivity index (χ0) is 16.4. The van der Waals surface area contributed by atoms with E-state index in [4.69, 9.17) is 11.6 Å². The van der Waals surface area contributed by atoms with E-state index < -0.39 is 10.0 Å². The van der Waals surface area contributed by atoms with Gasteiger partial charge in [-0.3, -0.25) is 0 Å². The minimum Gasteiger partial charge on any atom is -0.369 e. The third kappa shape index (κ3) is 3.74. The van der Waals surface area contributed by atoms with Crippen LogP contribution in [0.4, 0.5) is 17.5 Å². The van der Waals surface area contributed by atoms with Gasteiger partial charge in [0.2, 0.25) is 16.0 Å². The number of hydrogen-bond acceptors (Lipinski definition) is 6. The third-order valence-corrected chi connectivity index (χ3v) is 5.68. The summed E-state index contributed by atoms with van der Waals surface area (Å²) < 4.78 is 28.0. The quantitative estimate of drug-likeness (QED) is 0.609. The summed E-state index contributed by atoms with van der Waals surface area (Å²) in [5, 5.41) is 6.28. The molecule has 1 aromatic carbocycles. The van der Waals surface area contributed by atoms with Crippen LogP contribution in [0.3, 0.4) is 0 Å². The molecule has 0 amide bonds. The van der Waals surface area contributed by atoms with Crippen molar-refractivity contribution in [3.05, 3.63) is 33.9 Å². The summed E-state index contributed by atoms with van der Waals surface area (Å²) in [6.45, 7) is 0.849. The molecular weight excluding hydrogens is 406 g/mol. The lowest BCUT2D eigenvalue weighted by molar-refractivity contribution is 0.580. The first-order chi connectivity index (χ1) is 11.0. The molecule has 23 heavy (non-hydrogen) atoms. The smallest absolute Gasteiger partial charge is 0.242 e. The van der Waals surface area contributed by atoms with Gasteiger partial charge in [-0.15, -0.1) is 0 Å². The highest BCUT2D eigenvalue weighted by Gasteiger charge is 2.19. The number of anilines is 3. The van der Waals surface area contributed by atoms with E-state index in [1.807, 2.05) is 0 Å². The minimum absolute atomic E-state index is 0.0220. The number of halogens is 2. The highest BCUT2D eigenvalue weighted by Crippen LogP contribution is 2.27. The van der Waals surface area contributed by atoms with Gasteiger partial charge in [-0.2, -0.15) is 4.98 Å². The standard InChI is InChI=1S/C13H13BrClN5O2S/c14-9-7-17-13-19-8-2-3-10(15)11(6-8)23(21,22)18-5-1-4-16-12(9)20-13/h2-3,6-7,18H,1,4-5H2,(H2,16,17,19,20). The van der Waals surface area contributed by atoms with Crippen molar-refractivity contribution < 1.29 is 8.42 Å². The van der Waals surface area contributed by atoms with Gasteiger partial charge in [0.1, 0.15) is 10.7 Å². The largest absolute Gasteiger partial charge is 0.369 e. The van der Waals surface area contributed by atoms with Crippen molar-refractivity contribution in [1.82, 2.24) is 14.7 Å². The van der Waals surface area contributed by atoms with Gasteiger partial charge in [0, 0.05) is 25.0 Å². The van der Waals surface area contributed by atoms with Gasteiger partial charge in [-0.25, -0.2) is 18.1 Å². The van der Waals surface area contributed by atoms with Gasteiger partial charge in [0.05, 0.1) is 9.50 Å². The van der Waals surface area contributed by atoms with E-state index in [0.717, 1.165) is 4.47 Å². The van der Waals surface area contributed by atoms with Crippen LogP contribution in [0.2, 0.25) is 5.02 Å². The van der Waals surface area contributed by atoms with Crippen molar-refractivity contribution in [3.8, 4) is 0 Å². The topological polar surface area (TPSA) is 96.0 Å². The van der Waals surface area contributed by atoms with Gasteiger partial charge >= 0.3 is 0 Å². The van der Waals surface area contributed by atoms with Gasteiger partial charge in [-0.1, -0.05) is 11.6 Å². The van der Waals surface area contributed by atoms with E-state index in [-0.39, 0.29) is 9.92 Å². The maximum Gasteiger partial charge on any atom is 0.242 e. The highest BCUT2D eigenvalue weighted by molar-refractivity contribution is 9.10. The minimum atomic E-state index is -3.67. The number of aromatic nitrogens is 2. The molecule has 1 aromatic heterocycles. The molecule has 2 heterocycles. The number of nitrogens with zero attached hydrogens (tertiary/aromatic N) is 2. The maximum absolute atomic E-state index is 12.3. The van der Waals surface area contributed by atoms with Crippen molar-refractivity contribution >= 4 is 55.0 Å². The first-order valence-corrected chi connectivity index (χ1v) is 9.44. The van der Waals surface area contributed by atoms with Gasteiger partial charge < -0.3 is 10.6 Å². The zero-order valence-electron chi connectivity index (χ0n) is 11.8. The summed E-state index contributed by atoms with van der Waals surface area (Å²) in [6, 6.07) is 4.65. The molecule has 0 fully saturated rings. The van der Waals surface area contributed by atoms with Crippen LogP contribution in [-0.2, 0) is 10.0 Å². The molecule has 7 nitrogen and oxygen atoms in total. The van der Waals surface area contributed by atoms with Crippen molar-refractivity contribution in [1.29, 1.82) is 0 Å². The Morgan fingerprint density at radius 3 is 2.91 bits per heavy atom. The van der Waals surface area contributed by atoms with Crippen molar-refractivity contribution in [2.75, 3.05) is 23.7 Å². The van der Waals surface area contributed by atoms with E-state index in [2.05, 4.69) is 41.3 Å². The van der Waals surface area contributed by atoms with E-state index in [0.29, 0.717) is 37.0 Å². The fourth-order valence-corrected chi connectivity index (χ4v) is 3.98. The molecule has 0 atom stereocenters. The van der Waals surface area contributed by atoms with Crippen LogP contribution in [0.5, 0.6) is 0 Å². The Morgan fingerprint density at radius 1 is 1.26 bits per heavy atom. The van der Waals surface area contributed by atoms with Crippen LogP contribution < -0.4 is 15.4 Å². The van der Waals surface area contributed by atoms with Crippen molar-refractivity contribution in [2.45, 2.75) is 11.3 Å². The number of benzene rings is 1. The van der Waals surface area contributed by atoms with Crippen LogP contribution in [0.1, 0.15) is 6.42 Å². The maximum atomic E-state index is 12.3. The SMILES string of the molecule is O=S1(=O)NCCCNc2nc(ncc2Br)Nc2ccc(Cl)c1c2. The molecule has 3 rings (SSSR count). The average molecular weight is 419 g/mol. The fraction of sp³-hybridized carbons (Fsp3) is 0.231. The molecule has 0 radical (unpaired) electrons. The lowest BCUT2D eigenvalue weighted by Gasteiger charge is -2.10. The van der Waals surface area contributed by atoms with Crippen LogP contribution in [-0.4, -0.2) is 31.5 Å². The highest BCUT2D eigenvalue weighted by atomic mass is 79.9. The Morgan fingerprint density at radius 2 is 2.09 bits per heavy atom. The second kappa shape index (κ2) is 6.60. The molecule has 0 aliphatic carbocycles. The predicted molar refractivity (Wildman–Crippen MR) is 92.8 cm³/mol. The third-order valence-electron chi connectivity index (χ3n) is 3.16. The van der Waals surface area contributed by atoms with Crippen LogP contribution in [0, 0.1) is 0 Å². The predicted octanol–water partition coefficient (Wildman–Crippen LogP) is 2.73. The first kappa shape index (κ1) is 16.4. The molecule has 0 unspecified atom stereocenters. The van der Waals surface area contributed by atoms with E-state index in [1.54, 1.807) is 12.3 Å². The first-order valence-electron chi connectivity index (χ1n) is 6.78. The van der Waals surface area contributed by atoms with Crippen molar-refractivity contribution in [2.24, 2.45) is 0 Å². The number of sulfonamides is 1. The number of hydrogen-bond donors (Lipinski definition) is 3. The Hall–Kier alpha value is -1.42. The molecule has 0 saturated carbocycles. The molecule has 1 aliphatic rings. The van der Waals surface area contributed by atoms with Crippen LogP contribution in [0.15, 0.2) is 33.8 Å². The monoisotopic (exact) mass is 417 g/mol. The Balaban J connectivity index is 2.06. The van der Waals surface area contributed by atoms with Gasteiger partial charge in [0.25, 0.3) is 0 Å². The summed E-state index contributed by atoms with van der Waals surface area (Å²) in [4.78, 5) is 8.55. The molecule has 1 aliphatic heterocycles. The lowest BCUT2D eigenvalue weighted by Crippen LogP contribution is -2.26. The molecular formula is C13H13BrClN5O2S. The molecule has 4 bridgehead atoms. The van der Waals surface area contributed by atoms with Crippen molar-refractivity contribution in [3.63, 3.8) is 0 Å². The summed E-state index contributed by atoms with van der Waals surface area (Å²) in [5.74, 6) is 0.993. The zero-order valence-corrected chi connectivity index (χ0v) is 15.0. The second-order valence-electron chi connectivity index (χ2n) is 4.84. The summed E-state index contributed by atoms with van der Waals surface area (Å²) in [6.07, 6.45) is 2.22. The summed E-state index contributed by atoms with van der Waals surface area (Å²) in [5.41, 5.74) is 0.530. The molecule has 3 N–H and O–H groups in total. The number of rotatable bonds is 0. The van der Waals surface area contributed by atoms with Crippen LogP contribution in [0.25, 0.3) is 0 Å². The van der Waals surface area contributed by atoms with E-state index >= 15 is 0 Å². The number of nitrogens with one attached hydrogen (secondary N) is 3. The molecule has 0 saturated heterocycles. The van der Waals surface area contributed by atoms with E-state index in [1.165, 1.54) is 12.1 Å². The Labute approximate surface area is 147 Å². The Kier molecular flexibility index (Phi) is 4.72. The fourth-order valence-electron chi connectivity index (χ4n) is 2.05. The average Bonchev–Trinajstić information content (AvgIpc) is 2.51. The normalized spacial score (nSPS) is 17.0. The second-order valence-corrected chi connectivity index (χ2v) is 7.84. The van der Waals surface area contributed by atoms with Gasteiger partial charge in [-0.05, 0) is 40.5 Å². The van der Waals surface area contributed by atoms with Crippen LogP contribution >= 0.6 is 27.5 Å².